The lowest BCUT2D eigenvalue weighted by molar-refractivity contribution is -0.137. The molecule has 1 aliphatic carbocycles. The number of pyridine rings is 1. The highest BCUT2D eigenvalue weighted by Crippen LogP contribution is 2.40. The fourth-order valence-electron chi connectivity index (χ4n) is 4.61. The highest BCUT2D eigenvalue weighted by atomic mass is 31.0. The zero-order valence-corrected chi connectivity index (χ0v) is 21.2. The number of aromatic nitrogens is 3. The second kappa shape index (κ2) is 10.1. The van der Waals surface area contributed by atoms with E-state index in [4.69, 9.17) is 9.47 Å². The number of nitrogens with one attached hydrogen (secondary N) is 2. The molecule has 2 aliphatic heterocycles. The van der Waals surface area contributed by atoms with E-state index in [9.17, 15) is 13.2 Å². The molecule has 0 bridgehead atoms. The molecule has 2 fully saturated rings. The van der Waals surface area contributed by atoms with Gasteiger partial charge in [0.15, 0.2) is 0 Å². The molecule has 0 saturated carbocycles. The van der Waals surface area contributed by atoms with Crippen molar-refractivity contribution in [1.29, 1.82) is 0 Å². The van der Waals surface area contributed by atoms with Crippen molar-refractivity contribution < 1.29 is 22.6 Å². The van der Waals surface area contributed by atoms with Crippen LogP contribution in [0.5, 0.6) is 0 Å². The summed E-state index contributed by atoms with van der Waals surface area (Å²) in [7, 11) is 2.21. The SMILES string of the molecule is CC1(Nc2cc(-c3cnc(P)cc3C(F)(F)F)nc(N3CCOCC3)n2)CC=C1OC1CCNCC1. The normalized spacial score (nSPS) is 23.1. The molecule has 5 rings (SSSR count). The minimum absolute atomic E-state index is 0.0888. The molecule has 2 aromatic rings. The third-order valence-corrected chi connectivity index (χ3v) is 7.05. The molecule has 2 atom stereocenters. The van der Waals surface area contributed by atoms with Gasteiger partial charge in [-0.15, -0.1) is 0 Å². The smallest absolute Gasteiger partial charge is 0.417 e. The first-order valence-electron chi connectivity index (χ1n) is 12.1. The Hall–Kier alpha value is -2.49. The predicted octanol–water partition coefficient (Wildman–Crippen LogP) is 3.12. The van der Waals surface area contributed by atoms with E-state index >= 15 is 0 Å². The van der Waals surface area contributed by atoms with Crippen LogP contribution in [-0.4, -0.2) is 66.0 Å². The number of nitrogens with zero attached hydrogens (tertiary/aromatic N) is 4. The summed E-state index contributed by atoms with van der Waals surface area (Å²) >= 11 is 0. The van der Waals surface area contributed by atoms with Gasteiger partial charge in [0.05, 0.1) is 35.4 Å². The van der Waals surface area contributed by atoms with Crippen LogP contribution in [0, 0.1) is 0 Å². The molecule has 2 N–H and O–H groups in total. The summed E-state index contributed by atoms with van der Waals surface area (Å²) < 4.78 is 53.5. The van der Waals surface area contributed by atoms with E-state index in [0.717, 1.165) is 44.2 Å². The van der Waals surface area contributed by atoms with Gasteiger partial charge in [0.25, 0.3) is 0 Å². The zero-order valence-electron chi connectivity index (χ0n) is 20.1. The molecule has 2 unspecified atom stereocenters. The molecule has 4 heterocycles. The first-order valence-corrected chi connectivity index (χ1v) is 12.7. The second-order valence-corrected chi connectivity index (χ2v) is 10.1. The molecule has 0 spiro atoms. The largest absolute Gasteiger partial charge is 0.493 e. The van der Waals surface area contributed by atoms with Gasteiger partial charge >= 0.3 is 6.18 Å². The maximum absolute atomic E-state index is 13.9. The lowest BCUT2D eigenvalue weighted by Gasteiger charge is -2.41. The van der Waals surface area contributed by atoms with Crippen molar-refractivity contribution in [3.63, 3.8) is 0 Å². The summed E-state index contributed by atoms with van der Waals surface area (Å²) in [4.78, 5) is 15.2. The van der Waals surface area contributed by atoms with E-state index < -0.39 is 17.3 Å². The van der Waals surface area contributed by atoms with Crippen LogP contribution in [0.3, 0.4) is 0 Å². The van der Waals surface area contributed by atoms with E-state index in [-0.39, 0.29) is 22.8 Å². The van der Waals surface area contributed by atoms with E-state index in [1.54, 1.807) is 6.07 Å². The number of hydrogen-bond acceptors (Lipinski definition) is 8. The van der Waals surface area contributed by atoms with Crippen LogP contribution in [0.1, 0.15) is 31.7 Å². The minimum atomic E-state index is -4.56. The fraction of sp³-hybridized carbons (Fsp3) is 0.542. The third kappa shape index (κ3) is 5.43. The molecule has 12 heteroatoms. The number of anilines is 2. The van der Waals surface area contributed by atoms with E-state index in [1.165, 1.54) is 6.20 Å². The molecule has 2 saturated heterocycles. The van der Waals surface area contributed by atoms with Gasteiger partial charge < -0.3 is 25.0 Å². The van der Waals surface area contributed by atoms with E-state index in [2.05, 4.69) is 34.8 Å². The molecule has 36 heavy (non-hydrogen) atoms. The first-order chi connectivity index (χ1) is 17.2. The molecular weight excluding hydrogens is 492 g/mol. The van der Waals surface area contributed by atoms with Crippen LogP contribution in [0.4, 0.5) is 24.9 Å². The molecular formula is C24H30F3N6O2P. The highest BCUT2D eigenvalue weighted by molar-refractivity contribution is 7.26. The Bertz CT molecular complexity index is 1140. The van der Waals surface area contributed by atoms with Crippen molar-refractivity contribution in [2.45, 2.75) is 44.0 Å². The Balaban J connectivity index is 1.48. The summed E-state index contributed by atoms with van der Waals surface area (Å²) in [5.41, 5.74) is -1.02. The van der Waals surface area contributed by atoms with Gasteiger partial charge in [0, 0.05) is 30.9 Å². The second-order valence-electron chi connectivity index (χ2n) is 9.49. The zero-order chi connectivity index (χ0) is 25.3. The first kappa shape index (κ1) is 25.2. The lowest BCUT2D eigenvalue weighted by atomic mass is 9.84. The lowest BCUT2D eigenvalue weighted by Crippen LogP contribution is -2.46. The average Bonchev–Trinajstić information content (AvgIpc) is 2.87. The quantitative estimate of drug-likeness (QED) is 0.560. The summed E-state index contributed by atoms with van der Waals surface area (Å²) in [6.07, 6.45) is 1.45. The Kier molecular flexibility index (Phi) is 7.07. The van der Waals surface area contributed by atoms with Gasteiger partial charge in [-0.2, -0.15) is 18.2 Å². The van der Waals surface area contributed by atoms with E-state index in [1.807, 2.05) is 17.9 Å². The molecule has 3 aliphatic rings. The van der Waals surface area contributed by atoms with Gasteiger partial charge in [-0.3, -0.25) is 4.98 Å². The van der Waals surface area contributed by atoms with Crippen LogP contribution < -0.4 is 21.0 Å². The number of ether oxygens (including phenoxy) is 2. The van der Waals surface area contributed by atoms with Crippen LogP contribution >= 0.6 is 9.24 Å². The van der Waals surface area contributed by atoms with Crippen LogP contribution in [0.15, 0.2) is 30.2 Å². The van der Waals surface area contributed by atoms with Crippen molar-refractivity contribution in [1.82, 2.24) is 20.3 Å². The Labute approximate surface area is 210 Å². The third-order valence-electron chi connectivity index (χ3n) is 6.74. The minimum Gasteiger partial charge on any atom is -0.493 e. The molecule has 0 radical (unpaired) electrons. The maximum atomic E-state index is 13.9. The molecule has 0 aromatic carbocycles. The monoisotopic (exact) mass is 522 g/mol. The average molecular weight is 523 g/mol. The summed E-state index contributed by atoms with van der Waals surface area (Å²) in [6, 6.07) is 2.58. The number of rotatable bonds is 6. The van der Waals surface area contributed by atoms with Crippen molar-refractivity contribution in [2.75, 3.05) is 49.6 Å². The van der Waals surface area contributed by atoms with E-state index in [0.29, 0.717) is 38.1 Å². The number of morpholine rings is 1. The molecule has 0 amide bonds. The number of piperidine rings is 1. The summed E-state index contributed by atoms with van der Waals surface area (Å²) in [5.74, 6) is 1.63. The Morgan fingerprint density at radius 3 is 2.61 bits per heavy atom. The van der Waals surface area contributed by atoms with Crippen molar-refractivity contribution in [2.24, 2.45) is 0 Å². The molecule has 2 aromatic heterocycles. The number of hydrogen-bond donors (Lipinski definition) is 2. The molecule has 8 nitrogen and oxygen atoms in total. The fourth-order valence-corrected chi connectivity index (χ4v) is 4.85. The van der Waals surface area contributed by atoms with Crippen LogP contribution in [0.25, 0.3) is 11.3 Å². The topological polar surface area (TPSA) is 84.4 Å². The Morgan fingerprint density at radius 2 is 1.94 bits per heavy atom. The van der Waals surface area contributed by atoms with Crippen molar-refractivity contribution in [3.05, 3.63) is 35.7 Å². The van der Waals surface area contributed by atoms with Crippen molar-refractivity contribution >= 4 is 26.4 Å². The molecule has 194 valence electrons. The number of alkyl halides is 3. The van der Waals surface area contributed by atoms with Crippen LogP contribution in [-0.2, 0) is 15.7 Å². The Morgan fingerprint density at radius 1 is 1.19 bits per heavy atom. The van der Waals surface area contributed by atoms with Gasteiger partial charge in [-0.05, 0) is 51.4 Å². The van der Waals surface area contributed by atoms with Gasteiger partial charge in [0.1, 0.15) is 17.7 Å². The summed E-state index contributed by atoms with van der Waals surface area (Å²) in [6.45, 7) is 5.98. The predicted molar refractivity (Wildman–Crippen MR) is 134 cm³/mol. The van der Waals surface area contributed by atoms with Gasteiger partial charge in [-0.1, -0.05) is 9.24 Å². The van der Waals surface area contributed by atoms with Gasteiger partial charge in [0.2, 0.25) is 5.95 Å². The standard InChI is InChI=1S/C24H30F3N6O2P/c1-23(5-2-19(23)35-15-3-6-28-7-4-15)32-20-13-18(30-22(31-20)33-8-10-34-11-9-33)16-14-29-21(36)12-17(16)24(25,26)27/h2,12-15,28H,3-11,36H2,1H3,(H,30,31,32). The summed E-state index contributed by atoms with van der Waals surface area (Å²) in [5, 5.41) is 6.76. The highest BCUT2D eigenvalue weighted by Gasteiger charge is 2.39. The number of halogens is 3. The maximum Gasteiger partial charge on any atom is 0.417 e. The van der Waals surface area contributed by atoms with Crippen molar-refractivity contribution in [3.8, 4) is 11.3 Å². The van der Waals surface area contributed by atoms with Crippen LogP contribution in [0.2, 0.25) is 0 Å². The van der Waals surface area contributed by atoms with Gasteiger partial charge in [-0.25, -0.2) is 4.98 Å².